The van der Waals surface area contributed by atoms with Gasteiger partial charge in [-0.1, -0.05) is 32.0 Å². The summed E-state index contributed by atoms with van der Waals surface area (Å²) in [7, 11) is 0. The second-order valence-corrected chi connectivity index (χ2v) is 6.41. The van der Waals surface area contributed by atoms with Crippen LogP contribution in [0.5, 0.6) is 0 Å². The van der Waals surface area contributed by atoms with Crippen LogP contribution >= 0.6 is 11.8 Å². The molecule has 1 aliphatic rings. The van der Waals surface area contributed by atoms with Crippen molar-refractivity contribution in [3.05, 3.63) is 30.3 Å². The van der Waals surface area contributed by atoms with Crippen LogP contribution < -0.4 is 5.32 Å². The maximum Gasteiger partial charge on any atom is 0.0621 e. The highest BCUT2D eigenvalue weighted by Crippen LogP contribution is 2.40. The highest BCUT2D eigenvalue weighted by molar-refractivity contribution is 7.99. The maximum atomic E-state index is 9.64. The van der Waals surface area contributed by atoms with Gasteiger partial charge in [-0.05, 0) is 18.6 Å². The summed E-state index contributed by atoms with van der Waals surface area (Å²) in [6.07, 6.45) is 0.755. The summed E-state index contributed by atoms with van der Waals surface area (Å²) >= 11 is 1.87. The summed E-state index contributed by atoms with van der Waals surface area (Å²) < 4.78 is 0. The molecule has 0 saturated heterocycles. The Labute approximate surface area is 108 Å². The molecular weight excluding hydrogens is 230 g/mol. The van der Waals surface area contributed by atoms with E-state index in [1.807, 2.05) is 17.8 Å². The van der Waals surface area contributed by atoms with E-state index in [2.05, 4.69) is 43.4 Å². The van der Waals surface area contributed by atoms with Gasteiger partial charge in [0.05, 0.1) is 6.10 Å². The molecule has 3 heteroatoms. The lowest BCUT2D eigenvalue weighted by molar-refractivity contribution is -0.0716. The van der Waals surface area contributed by atoms with Crippen LogP contribution in [0.3, 0.4) is 0 Å². The average molecular weight is 251 g/mol. The van der Waals surface area contributed by atoms with Crippen LogP contribution in [-0.4, -0.2) is 29.5 Å². The Morgan fingerprint density at radius 2 is 2.06 bits per heavy atom. The molecule has 0 aromatic heterocycles. The van der Waals surface area contributed by atoms with E-state index in [-0.39, 0.29) is 11.5 Å². The molecule has 0 spiro atoms. The zero-order chi connectivity index (χ0) is 12.3. The lowest BCUT2D eigenvalue weighted by Crippen LogP contribution is -2.60. The van der Waals surface area contributed by atoms with Crippen molar-refractivity contribution in [2.45, 2.75) is 37.3 Å². The number of benzene rings is 1. The number of nitrogens with one attached hydrogen (secondary N) is 1. The van der Waals surface area contributed by atoms with E-state index in [0.29, 0.717) is 6.04 Å². The van der Waals surface area contributed by atoms with Gasteiger partial charge in [0.15, 0.2) is 0 Å². The monoisotopic (exact) mass is 251 g/mol. The second-order valence-electron chi connectivity index (χ2n) is 5.24. The van der Waals surface area contributed by atoms with E-state index >= 15 is 0 Å². The van der Waals surface area contributed by atoms with Crippen LogP contribution in [0.25, 0.3) is 0 Å². The third-order valence-corrected chi connectivity index (χ3v) is 4.73. The molecule has 17 heavy (non-hydrogen) atoms. The Kier molecular flexibility index (Phi) is 4.13. The van der Waals surface area contributed by atoms with Crippen molar-refractivity contribution in [2.75, 3.05) is 12.3 Å². The van der Waals surface area contributed by atoms with Gasteiger partial charge >= 0.3 is 0 Å². The van der Waals surface area contributed by atoms with E-state index in [9.17, 15) is 5.11 Å². The second kappa shape index (κ2) is 5.42. The van der Waals surface area contributed by atoms with Crippen LogP contribution in [0.15, 0.2) is 35.2 Å². The molecule has 0 radical (unpaired) electrons. The SMILES string of the molecule is CC1(C)C(O)CC1NCCSc1ccccc1. The Balaban J connectivity index is 1.65. The number of hydrogen-bond acceptors (Lipinski definition) is 3. The fourth-order valence-corrected chi connectivity index (χ4v) is 2.97. The predicted octanol–water partition coefficient (Wildman–Crippen LogP) is 2.53. The van der Waals surface area contributed by atoms with Crippen LogP contribution in [0, 0.1) is 5.41 Å². The first-order valence-corrected chi connectivity index (χ1v) is 7.18. The van der Waals surface area contributed by atoms with Gasteiger partial charge in [0.1, 0.15) is 0 Å². The van der Waals surface area contributed by atoms with E-state index in [1.54, 1.807) is 0 Å². The lowest BCUT2D eigenvalue weighted by Gasteiger charge is -2.49. The summed E-state index contributed by atoms with van der Waals surface area (Å²) in [5.74, 6) is 1.08. The molecule has 94 valence electrons. The fraction of sp³-hybridized carbons (Fsp3) is 0.571. The number of thioether (sulfide) groups is 1. The molecule has 1 aromatic carbocycles. The van der Waals surface area contributed by atoms with Gasteiger partial charge in [0, 0.05) is 28.6 Å². The molecule has 2 unspecified atom stereocenters. The quantitative estimate of drug-likeness (QED) is 0.623. The van der Waals surface area contributed by atoms with Crippen molar-refractivity contribution in [1.82, 2.24) is 5.32 Å². The Bertz CT molecular complexity index is 352. The van der Waals surface area contributed by atoms with E-state index in [4.69, 9.17) is 0 Å². The van der Waals surface area contributed by atoms with Gasteiger partial charge < -0.3 is 10.4 Å². The van der Waals surface area contributed by atoms with Crippen molar-refractivity contribution in [1.29, 1.82) is 0 Å². The lowest BCUT2D eigenvalue weighted by atomic mass is 9.64. The largest absolute Gasteiger partial charge is 0.392 e. The molecule has 2 N–H and O–H groups in total. The van der Waals surface area contributed by atoms with Gasteiger partial charge in [-0.3, -0.25) is 0 Å². The van der Waals surface area contributed by atoms with Crippen molar-refractivity contribution in [2.24, 2.45) is 5.41 Å². The molecule has 1 saturated carbocycles. The minimum Gasteiger partial charge on any atom is -0.392 e. The number of aliphatic hydroxyl groups excluding tert-OH is 1. The van der Waals surface area contributed by atoms with E-state index in [0.717, 1.165) is 18.7 Å². The van der Waals surface area contributed by atoms with Crippen LogP contribution in [0.4, 0.5) is 0 Å². The van der Waals surface area contributed by atoms with Crippen molar-refractivity contribution in [3.8, 4) is 0 Å². The third kappa shape index (κ3) is 3.03. The highest BCUT2D eigenvalue weighted by atomic mass is 32.2. The topological polar surface area (TPSA) is 32.3 Å². The summed E-state index contributed by atoms with van der Waals surface area (Å²) in [6, 6.07) is 10.9. The fourth-order valence-electron chi connectivity index (χ4n) is 2.17. The average Bonchev–Trinajstić information content (AvgIpc) is 2.34. The molecule has 1 aliphatic carbocycles. The number of rotatable bonds is 5. The van der Waals surface area contributed by atoms with Crippen LogP contribution in [-0.2, 0) is 0 Å². The first-order valence-electron chi connectivity index (χ1n) is 6.20. The van der Waals surface area contributed by atoms with Gasteiger partial charge in [-0.15, -0.1) is 11.8 Å². The molecule has 0 aliphatic heterocycles. The number of hydrogen-bond donors (Lipinski definition) is 2. The molecule has 1 fully saturated rings. The highest BCUT2D eigenvalue weighted by Gasteiger charge is 2.46. The molecule has 0 bridgehead atoms. The molecule has 0 heterocycles. The van der Waals surface area contributed by atoms with Crippen molar-refractivity contribution in [3.63, 3.8) is 0 Å². The van der Waals surface area contributed by atoms with Gasteiger partial charge in [0.25, 0.3) is 0 Å². The van der Waals surface area contributed by atoms with E-state index < -0.39 is 0 Å². The third-order valence-electron chi connectivity index (χ3n) is 3.72. The summed E-state index contributed by atoms with van der Waals surface area (Å²) in [5, 5.41) is 13.2. The van der Waals surface area contributed by atoms with Gasteiger partial charge in [-0.25, -0.2) is 0 Å². The molecule has 1 aromatic rings. The Morgan fingerprint density at radius 3 is 2.65 bits per heavy atom. The molecule has 0 amide bonds. The first kappa shape index (κ1) is 12.9. The normalized spacial score (nSPS) is 26.5. The Hall–Kier alpha value is -0.510. The molecule has 2 nitrogen and oxygen atoms in total. The minimum atomic E-state index is -0.137. The van der Waals surface area contributed by atoms with Crippen molar-refractivity contribution >= 4 is 11.8 Å². The van der Waals surface area contributed by atoms with Crippen LogP contribution in [0.1, 0.15) is 20.3 Å². The first-order chi connectivity index (χ1) is 8.10. The predicted molar refractivity (Wildman–Crippen MR) is 73.4 cm³/mol. The zero-order valence-electron chi connectivity index (χ0n) is 10.5. The van der Waals surface area contributed by atoms with Crippen molar-refractivity contribution < 1.29 is 5.11 Å². The summed E-state index contributed by atoms with van der Waals surface area (Å²) in [4.78, 5) is 1.32. The standard InChI is InChI=1S/C14H21NOS/c1-14(2)12(10-13(14)16)15-8-9-17-11-6-4-3-5-7-11/h3-7,12-13,15-16H,8-10H2,1-2H3. The summed E-state index contributed by atoms with van der Waals surface area (Å²) in [6.45, 7) is 5.26. The molecular formula is C14H21NOS. The van der Waals surface area contributed by atoms with Gasteiger partial charge in [0.2, 0.25) is 0 Å². The smallest absolute Gasteiger partial charge is 0.0621 e. The molecule has 2 rings (SSSR count). The minimum absolute atomic E-state index is 0.0391. The van der Waals surface area contributed by atoms with Crippen LogP contribution in [0.2, 0.25) is 0 Å². The summed E-state index contributed by atoms with van der Waals surface area (Å²) in [5.41, 5.74) is 0.0391. The maximum absolute atomic E-state index is 9.64. The Morgan fingerprint density at radius 1 is 1.35 bits per heavy atom. The number of aliphatic hydroxyl groups is 1. The van der Waals surface area contributed by atoms with Gasteiger partial charge in [-0.2, -0.15) is 0 Å². The molecule has 2 atom stereocenters. The zero-order valence-corrected chi connectivity index (χ0v) is 11.3. The van der Waals surface area contributed by atoms with E-state index in [1.165, 1.54) is 4.90 Å².